The average molecular weight is 164 g/mol. The van der Waals surface area contributed by atoms with Crippen LogP contribution in [0.1, 0.15) is 5.56 Å². The van der Waals surface area contributed by atoms with E-state index in [2.05, 4.69) is 0 Å². The molecular formula is C10H9FO. The van der Waals surface area contributed by atoms with E-state index in [0.29, 0.717) is 6.42 Å². The molecule has 0 radical (unpaired) electrons. The molecule has 0 amide bonds. The van der Waals surface area contributed by atoms with Crippen LogP contribution in [0.4, 0.5) is 4.39 Å². The van der Waals surface area contributed by atoms with Gasteiger partial charge in [0.2, 0.25) is 0 Å². The van der Waals surface area contributed by atoms with Gasteiger partial charge in [-0.3, -0.25) is 4.79 Å². The van der Waals surface area contributed by atoms with Gasteiger partial charge >= 0.3 is 0 Å². The lowest BCUT2D eigenvalue weighted by Gasteiger charge is -1.93. The van der Waals surface area contributed by atoms with E-state index in [1.54, 1.807) is 18.2 Å². The normalized spacial score (nSPS) is 10.4. The van der Waals surface area contributed by atoms with Crippen molar-refractivity contribution in [1.82, 2.24) is 0 Å². The highest BCUT2D eigenvalue weighted by Crippen LogP contribution is 2.03. The maximum Gasteiger partial charge on any atom is 0.142 e. The molecule has 12 heavy (non-hydrogen) atoms. The van der Waals surface area contributed by atoms with E-state index < -0.39 is 0 Å². The zero-order valence-corrected chi connectivity index (χ0v) is 6.53. The third-order valence-electron chi connectivity index (χ3n) is 1.48. The van der Waals surface area contributed by atoms with Crippen molar-refractivity contribution in [2.45, 2.75) is 6.42 Å². The highest BCUT2D eigenvalue weighted by molar-refractivity contribution is 5.64. The molecule has 1 nitrogen and oxygen atoms in total. The fraction of sp³-hybridized carbons (Fsp3) is 0.100. The predicted molar refractivity (Wildman–Crippen MR) is 45.3 cm³/mol. The minimum Gasteiger partial charge on any atom is -0.299 e. The van der Waals surface area contributed by atoms with Gasteiger partial charge in [-0.25, -0.2) is 4.39 Å². The molecule has 0 aliphatic carbocycles. The fourth-order valence-electron chi connectivity index (χ4n) is 0.880. The molecule has 0 heterocycles. The van der Waals surface area contributed by atoms with E-state index in [9.17, 15) is 9.18 Å². The van der Waals surface area contributed by atoms with Crippen molar-refractivity contribution in [2.75, 3.05) is 0 Å². The van der Waals surface area contributed by atoms with E-state index in [0.717, 1.165) is 11.8 Å². The topological polar surface area (TPSA) is 17.1 Å². The zero-order valence-electron chi connectivity index (χ0n) is 6.53. The van der Waals surface area contributed by atoms with Crippen molar-refractivity contribution in [3.05, 3.63) is 47.8 Å². The molecule has 1 aromatic carbocycles. The molecule has 0 aromatic heterocycles. The van der Waals surface area contributed by atoms with E-state index in [1.165, 1.54) is 18.2 Å². The second-order valence-electron chi connectivity index (χ2n) is 2.39. The van der Waals surface area contributed by atoms with E-state index in [-0.39, 0.29) is 5.82 Å². The van der Waals surface area contributed by atoms with Crippen LogP contribution in [0, 0.1) is 5.82 Å². The first-order valence-electron chi connectivity index (χ1n) is 3.67. The number of allylic oxidation sites excluding steroid dienone is 2. The summed E-state index contributed by atoms with van der Waals surface area (Å²) in [6.45, 7) is 0. The van der Waals surface area contributed by atoms with Gasteiger partial charge in [-0.15, -0.1) is 0 Å². The van der Waals surface area contributed by atoms with Crippen LogP contribution in [0.5, 0.6) is 0 Å². The van der Waals surface area contributed by atoms with Crippen LogP contribution < -0.4 is 0 Å². The molecule has 0 aliphatic heterocycles. The van der Waals surface area contributed by atoms with Gasteiger partial charge in [0, 0.05) is 0 Å². The monoisotopic (exact) mass is 164 g/mol. The number of aldehydes is 1. The third-order valence-corrected chi connectivity index (χ3v) is 1.48. The van der Waals surface area contributed by atoms with Gasteiger partial charge in [0.15, 0.2) is 0 Å². The Bertz CT molecular complexity index is 274. The third kappa shape index (κ3) is 2.66. The van der Waals surface area contributed by atoms with Crippen molar-refractivity contribution >= 4 is 6.29 Å². The number of halogens is 1. The Kier molecular flexibility index (Phi) is 3.20. The second kappa shape index (κ2) is 4.44. The van der Waals surface area contributed by atoms with Gasteiger partial charge in [-0.2, -0.15) is 0 Å². The summed E-state index contributed by atoms with van der Waals surface area (Å²) in [5.74, 6) is -0.238. The standard InChI is InChI=1S/C10H9FO/c11-10-6-4-9(5-7-10)3-1-2-8-12/h1-2,4-8H,3H2/b2-1+. The number of carbonyl (C=O) groups is 1. The summed E-state index contributed by atoms with van der Waals surface area (Å²) in [5.41, 5.74) is 0.995. The highest BCUT2D eigenvalue weighted by Gasteiger charge is 1.89. The number of hydrogen-bond donors (Lipinski definition) is 0. The highest BCUT2D eigenvalue weighted by atomic mass is 19.1. The summed E-state index contributed by atoms with van der Waals surface area (Å²) in [5, 5.41) is 0. The second-order valence-corrected chi connectivity index (χ2v) is 2.39. The molecule has 0 aliphatic rings. The maximum absolute atomic E-state index is 12.4. The minimum absolute atomic E-state index is 0.238. The largest absolute Gasteiger partial charge is 0.299 e. The van der Waals surface area contributed by atoms with E-state index in [4.69, 9.17) is 0 Å². The molecule has 0 atom stereocenters. The van der Waals surface area contributed by atoms with Crippen LogP contribution in [0.15, 0.2) is 36.4 Å². The fourth-order valence-corrected chi connectivity index (χ4v) is 0.880. The van der Waals surface area contributed by atoms with Crippen LogP contribution in [0.25, 0.3) is 0 Å². The Labute approximate surface area is 70.5 Å². The van der Waals surface area contributed by atoms with E-state index >= 15 is 0 Å². The molecule has 1 rings (SSSR count). The molecule has 62 valence electrons. The summed E-state index contributed by atoms with van der Waals surface area (Å²) in [7, 11) is 0. The molecule has 0 saturated heterocycles. The van der Waals surface area contributed by atoms with Crippen molar-refractivity contribution in [3.8, 4) is 0 Å². The zero-order chi connectivity index (χ0) is 8.81. The van der Waals surface area contributed by atoms with Crippen molar-refractivity contribution in [1.29, 1.82) is 0 Å². The van der Waals surface area contributed by atoms with Crippen molar-refractivity contribution in [2.24, 2.45) is 0 Å². The summed E-state index contributed by atoms with van der Waals surface area (Å²) in [6, 6.07) is 6.21. The van der Waals surface area contributed by atoms with Gasteiger partial charge in [0.05, 0.1) is 0 Å². The smallest absolute Gasteiger partial charge is 0.142 e. The van der Waals surface area contributed by atoms with Crippen molar-refractivity contribution < 1.29 is 9.18 Å². The molecule has 0 N–H and O–H groups in total. The lowest BCUT2D eigenvalue weighted by molar-refractivity contribution is -0.104. The first-order chi connectivity index (χ1) is 5.83. The van der Waals surface area contributed by atoms with Crippen molar-refractivity contribution in [3.63, 3.8) is 0 Å². The first kappa shape index (κ1) is 8.65. The lowest BCUT2D eigenvalue weighted by atomic mass is 10.1. The van der Waals surface area contributed by atoms with Gasteiger partial charge in [0.1, 0.15) is 12.1 Å². The molecule has 1 aromatic rings. The Morgan fingerprint density at radius 1 is 1.25 bits per heavy atom. The first-order valence-corrected chi connectivity index (χ1v) is 3.67. The van der Waals surface area contributed by atoms with Gasteiger partial charge in [-0.05, 0) is 30.2 Å². The quantitative estimate of drug-likeness (QED) is 0.494. The molecule has 0 bridgehead atoms. The molecular weight excluding hydrogens is 155 g/mol. The number of rotatable bonds is 3. The lowest BCUT2D eigenvalue weighted by Crippen LogP contribution is -1.81. The Morgan fingerprint density at radius 2 is 1.92 bits per heavy atom. The summed E-state index contributed by atoms with van der Waals surface area (Å²) in [4.78, 5) is 9.90. The van der Waals surface area contributed by atoms with Crippen LogP contribution in [-0.4, -0.2) is 6.29 Å². The predicted octanol–water partition coefficient (Wildman–Crippen LogP) is 2.12. The number of hydrogen-bond acceptors (Lipinski definition) is 1. The number of carbonyl (C=O) groups excluding carboxylic acids is 1. The van der Waals surface area contributed by atoms with Crippen LogP contribution in [0.2, 0.25) is 0 Å². The summed E-state index contributed by atoms with van der Waals surface area (Å²) in [6.07, 6.45) is 4.56. The Balaban J connectivity index is 2.58. The molecule has 0 saturated carbocycles. The average Bonchev–Trinajstić information content (AvgIpc) is 2.09. The van der Waals surface area contributed by atoms with Gasteiger partial charge in [-0.1, -0.05) is 18.2 Å². The Morgan fingerprint density at radius 3 is 2.50 bits per heavy atom. The number of benzene rings is 1. The van der Waals surface area contributed by atoms with Gasteiger partial charge in [0.25, 0.3) is 0 Å². The SMILES string of the molecule is O=C/C=C/Cc1ccc(F)cc1. The summed E-state index contributed by atoms with van der Waals surface area (Å²) < 4.78 is 12.4. The van der Waals surface area contributed by atoms with E-state index in [1.807, 2.05) is 0 Å². The molecule has 0 unspecified atom stereocenters. The Hall–Kier alpha value is -1.44. The van der Waals surface area contributed by atoms with Crippen LogP contribution >= 0.6 is 0 Å². The molecule has 0 fully saturated rings. The van der Waals surface area contributed by atoms with Crippen LogP contribution in [0.3, 0.4) is 0 Å². The molecule has 0 spiro atoms. The van der Waals surface area contributed by atoms with Gasteiger partial charge < -0.3 is 0 Å². The summed E-state index contributed by atoms with van der Waals surface area (Å²) >= 11 is 0. The van der Waals surface area contributed by atoms with Crippen LogP contribution in [-0.2, 0) is 11.2 Å². The maximum atomic E-state index is 12.4. The molecule has 2 heteroatoms. The minimum atomic E-state index is -0.238.